The zero-order chi connectivity index (χ0) is 16.3. The van der Waals surface area contributed by atoms with Crippen molar-refractivity contribution < 1.29 is 4.79 Å². The van der Waals surface area contributed by atoms with Crippen molar-refractivity contribution in [2.75, 3.05) is 5.32 Å². The van der Waals surface area contributed by atoms with Crippen molar-refractivity contribution >= 4 is 11.7 Å². The second kappa shape index (κ2) is 6.34. The summed E-state index contributed by atoms with van der Waals surface area (Å²) >= 11 is 0. The molecule has 1 aromatic heterocycles. The van der Waals surface area contributed by atoms with Gasteiger partial charge in [0.15, 0.2) is 5.82 Å². The van der Waals surface area contributed by atoms with E-state index in [4.69, 9.17) is 0 Å². The van der Waals surface area contributed by atoms with Crippen LogP contribution < -0.4 is 5.32 Å². The van der Waals surface area contributed by atoms with Gasteiger partial charge < -0.3 is 5.32 Å². The summed E-state index contributed by atoms with van der Waals surface area (Å²) in [6.07, 6.45) is 2.43. The molecule has 0 saturated carbocycles. The SMILES string of the molecule is Cc1cn(-c2ccccc2)nc1NC(=O)CC(C)C(C)(C)C. The van der Waals surface area contributed by atoms with Crippen molar-refractivity contribution in [2.24, 2.45) is 11.3 Å². The largest absolute Gasteiger partial charge is 0.309 e. The van der Waals surface area contributed by atoms with Gasteiger partial charge in [-0.15, -0.1) is 5.10 Å². The van der Waals surface area contributed by atoms with Gasteiger partial charge in [0, 0.05) is 18.2 Å². The highest BCUT2D eigenvalue weighted by Crippen LogP contribution is 2.28. The van der Waals surface area contributed by atoms with Crippen LogP contribution in [0.5, 0.6) is 0 Å². The molecule has 0 aliphatic rings. The third-order valence-corrected chi connectivity index (χ3v) is 4.15. The van der Waals surface area contributed by atoms with Crippen LogP contribution >= 0.6 is 0 Å². The van der Waals surface area contributed by atoms with Crippen LogP contribution in [0.25, 0.3) is 5.69 Å². The Balaban J connectivity index is 2.08. The predicted molar refractivity (Wildman–Crippen MR) is 90.2 cm³/mol. The monoisotopic (exact) mass is 299 g/mol. The second-order valence-corrected chi connectivity index (χ2v) is 6.96. The Morgan fingerprint density at radius 3 is 2.50 bits per heavy atom. The maximum Gasteiger partial charge on any atom is 0.225 e. The normalized spacial score (nSPS) is 13.0. The van der Waals surface area contributed by atoms with Crippen LogP contribution in [-0.2, 0) is 4.79 Å². The molecular formula is C18H25N3O. The first kappa shape index (κ1) is 16.3. The van der Waals surface area contributed by atoms with Crippen LogP contribution in [0.4, 0.5) is 5.82 Å². The molecule has 1 amide bonds. The summed E-state index contributed by atoms with van der Waals surface area (Å²) in [4.78, 5) is 12.2. The lowest BCUT2D eigenvalue weighted by molar-refractivity contribution is -0.117. The minimum absolute atomic E-state index is 0.0174. The van der Waals surface area contributed by atoms with Gasteiger partial charge in [0.2, 0.25) is 5.91 Å². The number of aromatic nitrogens is 2. The average molecular weight is 299 g/mol. The molecule has 118 valence electrons. The van der Waals surface area contributed by atoms with E-state index < -0.39 is 0 Å². The molecule has 2 aromatic rings. The maximum atomic E-state index is 12.2. The van der Waals surface area contributed by atoms with Gasteiger partial charge in [0.05, 0.1) is 5.69 Å². The van der Waals surface area contributed by atoms with E-state index in [0.717, 1.165) is 11.3 Å². The number of benzene rings is 1. The van der Waals surface area contributed by atoms with E-state index in [1.54, 1.807) is 4.68 Å². The molecule has 0 fully saturated rings. The van der Waals surface area contributed by atoms with E-state index in [1.165, 1.54) is 0 Å². The molecule has 1 aromatic carbocycles. The number of nitrogens with one attached hydrogen (secondary N) is 1. The Kier molecular flexibility index (Phi) is 4.69. The van der Waals surface area contributed by atoms with Crippen LogP contribution in [0.3, 0.4) is 0 Å². The molecule has 4 nitrogen and oxygen atoms in total. The average Bonchev–Trinajstić information content (AvgIpc) is 2.80. The minimum atomic E-state index is 0.0174. The summed E-state index contributed by atoms with van der Waals surface area (Å²) in [5.74, 6) is 0.961. The third-order valence-electron chi connectivity index (χ3n) is 4.15. The number of carbonyl (C=O) groups is 1. The number of hydrogen-bond acceptors (Lipinski definition) is 2. The van der Waals surface area contributed by atoms with Gasteiger partial charge in [-0.1, -0.05) is 45.9 Å². The first-order chi connectivity index (χ1) is 10.3. The van der Waals surface area contributed by atoms with Crippen molar-refractivity contribution in [1.82, 2.24) is 9.78 Å². The lowest BCUT2D eigenvalue weighted by Crippen LogP contribution is -2.24. The van der Waals surface area contributed by atoms with Crippen LogP contribution in [-0.4, -0.2) is 15.7 Å². The van der Waals surface area contributed by atoms with Gasteiger partial charge in [-0.25, -0.2) is 4.68 Å². The smallest absolute Gasteiger partial charge is 0.225 e. The van der Waals surface area contributed by atoms with E-state index in [1.807, 2.05) is 43.5 Å². The number of hydrogen-bond donors (Lipinski definition) is 1. The summed E-state index contributed by atoms with van der Waals surface area (Å²) in [6, 6.07) is 9.88. The van der Waals surface area contributed by atoms with Crippen LogP contribution in [0.1, 0.15) is 39.7 Å². The molecule has 2 rings (SSSR count). The molecule has 0 bridgehead atoms. The summed E-state index contributed by atoms with van der Waals surface area (Å²) in [5, 5.41) is 7.41. The van der Waals surface area contributed by atoms with E-state index in [9.17, 15) is 4.79 Å². The molecule has 1 atom stereocenters. The number of para-hydroxylation sites is 1. The first-order valence-electron chi connectivity index (χ1n) is 7.69. The number of anilines is 1. The van der Waals surface area contributed by atoms with Gasteiger partial charge in [-0.3, -0.25) is 4.79 Å². The molecule has 0 spiro atoms. The molecular weight excluding hydrogens is 274 g/mol. The first-order valence-corrected chi connectivity index (χ1v) is 7.69. The van der Waals surface area contributed by atoms with Gasteiger partial charge >= 0.3 is 0 Å². The van der Waals surface area contributed by atoms with Crippen molar-refractivity contribution in [1.29, 1.82) is 0 Å². The maximum absolute atomic E-state index is 12.2. The number of nitrogens with zero attached hydrogens (tertiary/aromatic N) is 2. The van der Waals surface area contributed by atoms with Crippen molar-refractivity contribution in [2.45, 2.75) is 41.0 Å². The fourth-order valence-corrected chi connectivity index (χ4v) is 2.06. The lowest BCUT2D eigenvalue weighted by Gasteiger charge is -2.26. The summed E-state index contributed by atoms with van der Waals surface area (Å²) < 4.78 is 1.79. The highest BCUT2D eigenvalue weighted by atomic mass is 16.1. The van der Waals surface area contributed by atoms with E-state index in [-0.39, 0.29) is 11.3 Å². The van der Waals surface area contributed by atoms with Crippen molar-refractivity contribution in [3.8, 4) is 5.69 Å². The summed E-state index contributed by atoms with van der Waals surface area (Å²) in [7, 11) is 0. The summed E-state index contributed by atoms with van der Waals surface area (Å²) in [6.45, 7) is 10.5. The van der Waals surface area contributed by atoms with Crippen molar-refractivity contribution in [3.63, 3.8) is 0 Å². The summed E-state index contributed by atoms with van der Waals surface area (Å²) in [5.41, 5.74) is 2.06. The van der Waals surface area contributed by atoms with Crippen LogP contribution in [0, 0.1) is 18.3 Å². The molecule has 1 unspecified atom stereocenters. The van der Waals surface area contributed by atoms with Gasteiger partial charge in [-0.2, -0.15) is 0 Å². The molecule has 0 aliphatic carbocycles. The molecule has 0 saturated heterocycles. The van der Waals surface area contributed by atoms with Gasteiger partial charge in [-0.05, 0) is 30.4 Å². The van der Waals surface area contributed by atoms with Gasteiger partial charge in [0.25, 0.3) is 0 Å². The molecule has 0 aliphatic heterocycles. The Labute approximate surface area is 132 Å². The molecule has 0 radical (unpaired) electrons. The third kappa shape index (κ3) is 3.97. The highest BCUT2D eigenvalue weighted by molar-refractivity contribution is 5.90. The van der Waals surface area contributed by atoms with E-state index in [2.05, 4.69) is 38.1 Å². The van der Waals surface area contributed by atoms with Gasteiger partial charge in [0.1, 0.15) is 0 Å². The number of aryl methyl sites for hydroxylation is 1. The Morgan fingerprint density at radius 1 is 1.27 bits per heavy atom. The lowest BCUT2D eigenvalue weighted by atomic mass is 9.80. The van der Waals surface area contributed by atoms with E-state index in [0.29, 0.717) is 18.2 Å². The zero-order valence-corrected chi connectivity index (χ0v) is 14.1. The molecule has 1 heterocycles. The Hall–Kier alpha value is -2.10. The fraction of sp³-hybridized carbons (Fsp3) is 0.444. The second-order valence-electron chi connectivity index (χ2n) is 6.96. The van der Waals surface area contributed by atoms with Crippen LogP contribution in [0.2, 0.25) is 0 Å². The minimum Gasteiger partial charge on any atom is -0.309 e. The van der Waals surface area contributed by atoms with Crippen molar-refractivity contribution in [3.05, 3.63) is 42.1 Å². The Bertz CT molecular complexity index is 638. The topological polar surface area (TPSA) is 46.9 Å². The quantitative estimate of drug-likeness (QED) is 0.920. The molecule has 4 heteroatoms. The predicted octanol–water partition coefficient (Wildman–Crippen LogP) is 4.19. The molecule has 1 N–H and O–H groups in total. The zero-order valence-electron chi connectivity index (χ0n) is 14.1. The standard InChI is InChI=1S/C18H25N3O/c1-13-12-21(15-9-7-6-8-10-15)20-17(13)19-16(22)11-14(2)18(3,4)5/h6-10,12,14H,11H2,1-5H3,(H,19,20,22). The number of rotatable bonds is 4. The number of carbonyl (C=O) groups excluding carboxylic acids is 1. The van der Waals surface area contributed by atoms with Crippen LogP contribution in [0.15, 0.2) is 36.5 Å². The number of amides is 1. The molecule has 22 heavy (non-hydrogen) atoms. The Morgan fingerprint density at radius 2 is 1.91 bits per heavy atom. The van der Waals surface area contributed by atoms with E-state index >= 15 is 0 Å². The fourth-order valence-electron chi connectivity index (χ4n) is 2.06. The highest BCUT2D eigenvalue weighted by Gasteiger charge is 2.23.